The lowest BCUT2D eigenvalue weighted by molar-refractivity contribution is 0.683. The van der Waals surface area contributed by atoms with Gasteiger partial charge in [-0.25, -0.2) is 9.67 Å². The minimum atomic E-state index is 0. The van der Waals surface area contributed by atoms with E-state index < -0.39 is 0 Å². The van der Waals surface area contributed by atoms with E-state index in [9.17, 15) is 0 Å². The molecule has 2 aromatic rings. The van der Waals surface area contributed by atoms with Crippen molar-refractivity contribution in [2.24, 2.45) is 10.9 Å². The molecule has 1 aliphatic carbocycles. The van der Waals surface area contributed by atoms with Gasteiger partial charge in [-0.1, -0.05) is 24.3 Å². The fourth-order valence-electron chi connectivity index (χ4n) is 2.31. The number of benzene rings is 1. The number of rotatable bonds is 6. The number of nitrogens with zero attached hydrogens (tertiary/aromatic N) is 4. The van der Waals surface area contributed by atoms with E-state index in [1.165, 1.54) is 24.0 Å². The van der Waals surface area contributed by atoms with Crippen molar-refractivity contribution >= 4 is 29.9 Å². The average molecular weight is 426 g/mol. The van der Waals surface area contributed by atoms with Crippen molar-refractivity contribution in [2.45, 2.75) is 25.9 Å². The van der Waals surface area contributed by atoms with Crippen LogP contribution in [0.15, 0.2) is 41.9 Å². The molecule has 6 nitrogen and oxygen atoms in total. The zero-order valence-corrected chi connectivity index (χ0v) is 15.6. The van der Waals surface area contributed by atoms with Gasteiger partial charge in [-0.05, 0) is 29.9 Å². The number of hydrogen-bond acceptors (Lipinski definition) is 3. The van der Waals surface area contributed by atoms with Gasteiger partial charge in [-0.3, -0.25) is 4.99 Å². The third-order valence-electron chi connectivity index (χ3n) is 3.74. The van der Waals surface area contributed by atoms with E-state index >= 15 is 0 Å². The molecule has 23 heavy (non-hydrogen) atoms. The smallest absolute Gasteiger partial charge is 0.191 e. The zero-order chi connectivity index (χ0) is 15.2. The Morgan fingerprint density at radius 1 is 1.30 bits per heavy atom. The lowest BCUT2D eigenvalue weighted by Crippen LogP contribution is -2.37. The number of aromatic nitrogens is 3. The van der Waals surface area contributed by atoms with E-state index in [1.54, 1.807) is 12.7 Å². The normalized spacial score (nSPS) is 14.2. The fourth-order valence-corrected chi connectivity index (χ4v) is 2.31. The van der Waals surface area contributed by atoms with Crippen molar-refractivity contribution in [2.75, 3.05) is 13.6 Å². The first-order chi connectivity index (χ1) is 10.8. The fraction of sp³-hybridized carbons (Fsp3) is 0.438. The van der Waals surface area contributed by atoms with Crippen LogP contribution in [0.4, 0.5) is 0 Å². The van der Waals surface area contributed by atoms with Gasteiger partial charge in [0, 0.05) is 20.1 Å². The zero-order valence-electron chi connectivity index (χ0n) is 13.3. The highest BCUT2D eigenvalue weighted by Crippen LogP contribution is 2.27. The summed E-state index contributed by atoms with van der Waals surface area (Å²) < 4.78 is 1.82. The summed E-state index contributed by atoms with van der Waals surface area (Å²) in [6.07, 6.45) is 5.97. The first-order valence-electron chi connectivity index (χ1n) is 7.68. The maximum Gasteiger partial charge on any atom is 0.191 e. The molecule has 0 saturated heterocycles. The van der Waals surface area contributed by atoms with E-state index in [1.807, 2.05) is 11.7 Å². The minimum Gasteiger partial charge on any atom is -0.356 e. The summed E-state index contributed by atoms with van der Waals surface area (Å²) >= 11 is 0. The Labute approximate surface area is 153 Å². The Morgan fingerprint density at radius 2 is 2.13 bits per heavy atom. The molecule has 1 fully saturated rings. The third kappa shape index (κ3) is 5.81. The van der Waals surface area contributed by atoms with Crippen LogP contribution in [0.25, 0.3) is 0 Å². The highest BCUT2D eigenvalue weighted by Gasteiger charge is 2.20. The maximum atomic E-state index is 4.26. The van der Waals surface area contributed by atoms with Crippen molar-refractivity contribution in [1.29, 1.82) is 0 Å². The molecule has 1 heterocycles. The van der Waals surface area contributed by atoms with Crippen LogP contribution in [0.2, 0.25) is 0 Å². The Bertz CT molecular complexity index is 621. The summed E-state index contributed by atoms with van der Waals surface area (Å²) in [5, 5.41) is 10.9. The standard InChI is InChI=1S/C16H22N6.HI/c1-17-16(19-8-13-5-6-13)20-9-14-3-2-4-15(7-14)10-22-12-18-11-21-22;/h2-4,7,11-13H,5-6,8-10H2,1H3,(H2,17,19,20);1H. The summed E-state index contributed by atoms with van der Waals surface area (Å²) in [7, 11) is 1.81. The van der Waals surface area contributed by atoms with Crippen LogP contribution in [-0.2, 0) is 13.1 Å². The van der Waals surface area contributed by atoms with Crippen molar-refractivity contribution in [3.8, 4) is 0 Å². The lowest BCUT2D eigenvalue weighted by Gasteiger charge is -2.12. The quantitative estimate of drug-likeness (QED) is 0.422. The third-order valence-corrected chi connectivity index (χ3v) is 3.74. The molecule has 0 atom stereocenters. The van der Waals surface area contributed by atoms with Crippen LogP contribution < -0.4 is 10.6 Å². The van der Waals surface area contributed by atoms with Crippen LogP contribution in [0.5, 0.6) is 0 Å². The number of hydrogen-bond donors (Lipinski definition) is 2. The summed E-state index contributed by atoms with van der Waals surface area (Å²) in [4.78, 5) is 8.22. The van der Waals surface area contributed by atoms with Crippen molar-refractivity contribution in [3.63, 3.8) is 0 Å². The molecular weight excluding hydrogens is 403 g/mol. The van der Waals surface area contributed by atoms with Gasteiger partial charge in [0.2, 0.25) is 0 Å². The van der Waals surface area contributed by atoms with Gasteiger partial charge in [0.1, 0.15) is 12.7 Å². The van der Waals surface area contributed by atoms with Crippen LogP contribution in [0, 0.1) is 5.92 Å². The second-order valence-corrected chi connectivity index (χ2v) is 5.66. The molecule has 1 aromatic carbocycles. The molecule has 0 amide bonds. The largest absolute Gasteiger partial charge is 0.356 e. The second-order valence-electron chi connectivity index (χ2n) is 5.66. The van der Waals surface area contributed by atoms with Crippen LogP contribution in [0.1, 0.15) is 24.0 Å². The summed E-state index contributed by atoms with van der Waals surface area (Å²) in [5.74, 6) is 1.71. The molecule has 3 rings (SSSR count). The summed E-state index contributed by atoms with van der Waals surface area (Å²) in [6.45, 7) is 2.52. The molecule has 0 unspecified atom stereocenters. The van der Waals surface area contributed by atoms with Gasteiger partial charge in [-0.2, -0.15) is 5.10 Å². The van der Waals surface area contributed by atoms with E-state index in [2.05, 4.69) is 50.0 Å². The Morgan fingerprint density at radius 3 is 2.83 bits per heavy atom. The van der Waals surface area contributed by atoms with E-state index in [4.69, 9.17) is 0 Å². The first kappa shape index (κ1) is 17.7. The molecule has 124 valence electrons. The van der Waals surface area contributed by atoms with Gasteiger partial charge < -0.3 is 10.6 Å². The molecule has 7 heteroatoms. The number of aliphatic imine (C=N–C) groups is 1. The number of nitrogens with one attached hydrogen (secondary N) is 2. The van der Waals surface area contributed by atoms with Crippen LogP contribution >= 0.6 is 24.0 Å². The van der Waals surface area contributed by atoms with Gasteiger partial charge in [0.25, 0.3) is 0 Å². The van der Waals surface area contributed by atoms with E-state index in [0.29, 0.717) is 0 Å². The highest BCUT2D eigenvalue weighted by molar-refractivity contribution is 14.0. The molecule has 1 aromatic heterocycles. The lowest BCUT2D eigenvalue weighted by atomic mass is 10.1. The predicted molar refractivity (Wildman–Crippen MR) is 102 cm³/mol. The number of guanidine groups is 1. The Hall–Kier alpha value is -1.64. The van der Waals surface area contributed by atoms with Crippen LogP contribution in [0.3, 0.4) is 0 Å². The first-order valence-corrected chi connectivity index (χ1v) is 7.68. The molecule has 1 aliphatic rings. The molecule has 1 saturated carbocycles. The van der Waals surface area contributed by atoms with Crippen LogP contribution in [-0.4, -0.2) is 34.3 Å². The molecule has 0 bridgehead atoms. The van der Waals surface area contributed by atoms with Gasteiger partial charge in [-0.15, -0.1) is 24.0 Å². The SMILES string of the molecule is CN=C(NCc1cccc(Cn2cncn2)c1)NCC1CC1.I. The van der Waals surface area contributed by atoms with Gasteiger partial charge in [0.15, 0.2) is 5.96 Å². The number of halogens is 1. The summed E-state index contributed by atoms with van der Waals surface area (Å²) in [5.41, 5.74) is 2.44. The van der Waals surface area contributed by atoms with Crippen molar-refractivity contribution in [3.05, 3.63) is 48.0 Å². The van der Waals surface area contributed by atoms with E-state index in [0.717, 1.165) is 31.5 Å². The highest BCUT2D eigenvalue weighted by atomic mass is 127. The summed E-state index contributed by atoms with van der Waals surface area (Å²) in [6, 6.07) is 8.48. The molecule has 2 N–H and O–H groups in total. The topological polar surface area (TPSA) is 67.1 Å². The van der Waals surface area contributed by atoms with E-state index in [-0.39, 0.29) is 24.0 Å². The Balaban J connectivity index is 0.00000192. The monoisotopic (exact) mass is 426 g/mol. The minimum absolute atomic E-state index is 0. The average Bonchev–Trinajstić information content (AvgIpc) is 3.23. The maximum absolute atomic E-state index is 4.26. The molecular formula is C16H23IN6. The van der Waals surface area contributed by atoms with Gasteiger partial charge >= 0.3 is 0 Å². The predicted octanol–water partition coefficient (Wildman–Crippen LogP) is 2.02. The van der Waals surface area contributed by atoms with Crippen molar-refractivity contribution < 1.29 is 0 Å². The van der Waals surface area contributed by atoms with Crippen molar-refractivity contribution in [1.82, 2.24) is 25.4 Å². The molecule has 0 radical (unpaired) electrons. The molecule has 0 spiro atoms. The molecule has 0 aliphatic heterocycles. The second kappa shape index (κ2) is 8.85. The Kier molecular flexibility index (Phi) is 6.82. The van der Waals surface area contributed by atoms with Gasteiger partial charge in [0.05, 0.1) is 6.54 Å².